The minimum absolute atomic E-state index is 0.00576. The van der Waals surface area contributed by atoms with E-state index in [9.17, 15) is 19.0 Å². The summed E-state index contributed by atoms with van der Waals surface area (Å²) in [4.78, 5) is 35.6. The van der Waals surface area contributed by atoms with Crippen LogP contribution >= 0.6 is 7.82 Å². The maximum Gasteiger partial charge on any atom is 0.472 e. The predicted molar refractivity (Wildman–Crippen MR) is 325 cm³/mol. The number of ether oxygens (including phenoxy) is 2. The summed E-state index contributed by atoms with van der Waals surface area (Å²) >= 11 is 0. The molecular weight excluding hydrogens is 966 g/mol. The van der Waals surface area contributed by atoms with Crippen molar-refractivity contribution in [2.75, 3.05) is 47.5 Å². The van der Waals surface area contributed by atoms with E-state index in [1.165, 1.54) is 141 Å². The van der Waals surface area contributed by atoms with E-state index in [4.69, 9.17) is 18.5 Å². The first-order chi connectivity index (χ1) is 37.0. The van der Waals surface area contributed by atoms with Gasteiger partial charge >= 0.3 is 19.8 Å². The molecule has 0 fully saturated rings. The molecule has 0 saturated carbocycles. The van der Waals surface area contributed by atoms with E-state index in [2.05, 4.69) is 105 Å². The number of quaternary nitrogens is 1. The van der Waals surface area contributed by atoms with Gasteiger partial charge in [0.05, 0.1) is 34.2 Å². The lowest BCUT2D eigenvalue weighted by molar-refractivity contribution is -0.870. The maximum atomic E-state index is 12.7. The molecule has 0 radical (unpaired) electrons. The van der Waals surface area contributed by atoms with Crippen molar-refractivity contribution in [1.29, 1.82) is 0 Å². The Labute approximate surface area is 467 Å². The Kier molecular flexibility index (Phi) is 53.9. The van der Waals surface area contributed by atoms with Gasteiger partial charge in [0.2, 0.25) is 0 Å². The molecule has 0 heterocycles. The van der Waals surface area contributed by atoms with Crippen LogP contribution in [0.2, 0.25) is 0 Å². The van der Waals surface area contributed by atoms with Crippen molar-refractivity contribution >= 4 is 19.8 Å². The van der Waals surface area contributed by atoms with Crippen LogP contribution in [0.25, 0.3) is 0 Å². The Morgan fingerprint density at radius 1 is 0.421 bits per heavy atom. The lowest BCUT2D eigenvalue weighted by Crippen LogP contribution is -2.37. The number of carbonyl (C=O) groups excluding carboxylic acids is 2. The summed E-state index contributed by atoms with van der Waals surface area (Å²) in [6.07, 6.45) is 79.5. The standard InChI is InChI=1S/C66H114NO8P/c1-6-8-10-12-14-16-18-20-22-23-24-25-26-27-28-29-30-31-32-33-34-35-36-37-38-39-40-41-42-43-45-46-48-50-52-54-56-58-65(68)72-62-64(63-74-76(70,71)73-61-60-67(3,4)5)75-66(69)59-57-55-53-51-49-47-44-21-19-17-15-13-11-9-7-2/h8-11,14-17,20-22,24-25,44,49,51,55,57,64H,6-7,12-13,18-19,23,26-43,45-48,50,52-54,56,58-63H2,1-5H3/p+1/b10-8-,11-9-,16-14-,17-15-,22-20-,25-24-,44-21-,51-49-,57-55-. The average Bonchev–Trinajstić information content (AvgIpc) is 3.38. The summed E-state index contributed by atoms with van der Waals surface area (Å²) < 4.78 is 34.4. The minimum Gasteiger partial charge on any atom is -0.462 e. The van der Waals surface area contributed by atoms with Crippen molar-refractivity contribution in [3.8, 4) is 0 Å². The zero-order chi connectivity index (χ0) is 55.6. The van der Waals surface area contributed by atoms with Crippen LogP contribution in [0.5, 0.6) is 0 Å². The third kappa shape index (κ3) is 59.9. The summed E-state index contributed by atoms with van der Waals surface area (Å²) in [6, 6.07) is 0. The Morgan fingerprint density at radius 2 is 0.750 bits per heavy atom. The molecule has 1 N–H and O–H groups in total. The van der Waals surface area contributed by atoms with Crippen LogP contribution in [-0.2, 0) is 32.7 Å². The molecule has 436 valence electrons. The monoisotopic (exact) mass is 1080 g/mol. The molecule has 0 aliphatic heterocycles. The molecule has 0 spiro atoms. The van der Waals surface area contributed by atoms with Crippen LogP contribution < -0.4 is 0 Å². The number of hydrogen-bond acceptors (Lipinski definition) is 7. The molecule has 0 aromatic rings. The molecule has 0 aliphatic carbocycles. The van der Waals surface area contributed by atoms with E-state index in [1.54, 1.807) is 6.08 Å². The van der Waals surface area contributed by atoms with Crippen LogP contribution in [-0.4, -0.2) is 74.9 Å². The number of esters is 2. The number of carbonyl (C=O) groups is 2. The van der Waals surface area contributed by atoms with Crippen molar-refractivity contribution in [2.24, 2.45) is 0 Å². The Hall–Kier alpha value is -3.33. The van der Waals surface area contributed by atoms with Gasteiger partial charge in [0.15, 0.2) is 6.10 Å². The van der Waals surface area contributed by atoms with Gasteiger partial charge in [0.25, 0.3) is 0 Å². The van der Waals surface area contributed by atoms with Crippen molar-refractivity contribution in [1.82, 2.24) is 0 Å². The van der Waals surface area contributed by atoms with E-state index in [0.29, 0.717) is 17.4 Å². The van der Waals surface area contributed by atoms with Gasteiger partial charge in [-0.15, -0.1) is 0 Å². The topological polar surface area (TPSA) is 108 Å². The van der Waals surface area contributed by atoms with Crippen LogP contribution in [0, 0.1) is 0 Å². The highest BCUT2D eigenvalue weighted by Crippen LogP contribution is 2.43. The molecule has 0 saturated heterocycles. The van der Waals surface area contributed by atoms with Crippen LogP contribution in [0.1, 0.15) is 245 Å². The van der Waals surface area contributed by atoms with Gasteiger partial charge in [-0.05, 0) is 77.0 Å². The molecule has 2 atom stereocenters. The summed E-state index contributed by atoms with van der Waals surface area (Å²) in [6.45, 7) is 4.09. The molecule has 9 nitrogen and oxygen atoms in total. The summed E-state index contributed by atoms with van der Waals surface area (Å²) in [5.41, 5.74) is 0. The number of phosphoric acid groups is 1. The Bertz CT molecular complexity index is 1650. The van der Waals surface area contributed by atoms with E-state index < -0.39 is 32.5 Å². The second kappa shape index (κ2) is 56.4. The number of phosphoric ester groups is 1. The molecule has 2 unspecified atom stereocenters. The third-order valence-electron chi connectivity index (χ3n) is 12.8. The number of allylic oxidation sites excluding steroid dienone is 17. The molecule has 0 rings (SSSR count). The summed E-state index contributed by atoms with van der Waals surface area (Å²) in [7, 11) is 1.42. The molecule has 10 heteroatoms. The molecule has 0 amide bonds. The fourth-order valence-corrected chi connectivity index (χ4v) is 8.94. The number of hydrogen-bond donors (Lipinski definition) is 1. The molecule has 0 aromatic carbocycles. The quantitative estimate of drug-likeness (QED) is 0.0211. The highest BCUT2D eigenvalue weighted by atomic mass is 31.2. The highest BCUT2D eigenvalue weighted by molar-refractivity contribution is 7.47. The van der Waals surface area contributed by atoms with Crippen molar-refractivity contribution in [2.45, 2.75) is 251 Å². The molecule has 76 heavy (non-hydrogen) atoms. The van der Waals surface area contributed by atoms with Crippen molar-refractivity contribution in [3.05, 3.63) is 109 Å². The third-order valence-corrected chi connectivity index (χ3v) is 13.8. The summed E-state index contributed by atoms with van der Waals surface area (Å²) in [5.74, 6) is -0.943. The second-order valence-corrected chi connectivity index (χ2v) is 22.8. The SMILES string of the molecule is CC/C=C\C/C=C\C/C=C\C/C=C\C/C=C\CC(=O)OC(COC(=O)CCCCCCCCCCCCCCCCCCCCCCCCCC/C=C\C/C=C\C/C=C\C/C=C\CC)COP(=O)(O)OCC[N+](C)(C)C. The van der Waals surface area contributed by atoms with Crippen LogP contribution in [0.15, 0.2) is 109 Å². The maximum absolute atomic E-state index is 12.7. The number of nitrogens with zero attached hydrogens (tertiary/aromatic N) is 1. The number of rotatable bonds is 55. The predicted octanol–water partition coefficient (Wildman–Crippen LogP) is 19.4. The Morgan fingerprint density at radius 3 is 1.12 bits per heavy atom. The first-order valence-electron chi connectivity index (χ1n) is 30.6. The minimum atomic E-state index is -4.41. The first-order valence-corrected chi connectivity index (χ1v) is 32.1. The van der Waals surface area contributed by atoms with Crippen LogP contribution in [0.4, 0.5) is 0 Å². The van der Waals surface area contributed by atoms with Gasteiger partial charge < -0.3 is 18.9 Å². The van der Waals surface area contributed by atoms with E-state index in [-0.39, 0.29) is 26.1 Å². The normalized spacial score (nSPS) is 14.0. The fraction of sp³-hybridized carbons (Fsp3) is 0.697. The van der Waals surface area contributed by atoms with E-state index in [0.717, 1.165) is 70.6 Å². The highest BCUT2D eigenvalue weighted by Gasteiger charge is 2.27. The number of likely N-dealkylation sites (N-methyl/N-ethyl adjacent to an activating group) is 1. The first kappa shape index (κ1) is 72.7. The fourth-order valence-electron chi connectivity index (χ4n) is 8.20. The van der Waals surface area contributed by atoms with Gasteiger partial charge in [0.1, 0.15) is 19.8 Å². The van der Waals surface area contributed by atoms with Gasteiger partial charge in [0, 0.05) is 6.42 Å². The van der Waals surface area contributed by atoms with Gasteiger partial charge in [-0.25, -0.2) is 4.57 Å². The van der Waals surface area contributed by atoms with Gasteiger partial charge in [-0.2, -0.15) is 0 Å². The molecule has 0 aromatic heterocycles. The van der Waals surface area contributed by atoms with Crippen molar-refractivity contribution < 1.29 is 42.1 Å². The average molecular weight is 1080 g/mol. The van der Waals surface area contributed by atoms with Gasteiger partial charge in [-0.3, -0.25) is 18.6 Å². The number of unbranched alkanes of at least 4 members (excludes halogenated alkanes) is 24. The van der Waals surface area contributed by atoms with Gasteiger partial charge in [-0.1, -0.05) is 264 Å². The molecular formula is C66H115NO8P+. The Balaban J connectivity index is 3.99. The lowest BCUT2D eigenvalue weighted by atomic mass is 10.0. The zero-order valence-electron chi connectivity index (χ0n) is 49.5. The largest absolute Gasteiger partial charge is 0.472 e. The van der Waals surface area contributed by atoms with Crippen LogP contribution in [0.3, 0.4) is 0 Å². The lowest BCUT2D eigenvalue weighted by Gasteiger charge is -2.24. The molecule has 0 aliphatic rings. The van der Waals surface area contributed by atoms with E-state index >= 15 is 0 Å². The summed E-state index contributed by atoms with van der Waals surface area (Å²) in [5, 5.41) is 0. The zero-order valence-corrected chi connectivity index (χ0v) is 50.3. The van der Waals surface area contributed by atoms with Crippen molar-refractivity contribution in [3.63, 3.8) is 0 Å². The second-order valence-electron chi connectivity index (χ2n) is 21.3. The molecule has 0 bridgehead atoms. The smallest absolute Gasteiger partial charge is 0.462 e. The van der Waals surface area contributed by atoms with E-state index in [1.807, 2.05) is 33.3 Å².